The second-order valence-corrected chi connectivity index (χ2v) is 3.89. The van der Waals surface area contributed by atoms with Gasteiger partial charge in [-0.25, -0.2) is 4.98 Å². The Morgan fingerprint density at radius 2 is 2.50 bits per heavy atom. The van der Waals surface area contributed by atoms with Gasteiger partial charge < -0.3 is 4.57 Å². The van der Waals surface area contributed by atoms with Crippen LogP contribution in [0.2, 0.25) is 0 Å². The first-order chi connectivity index (χ1) is 6.83. The lowest BCUT2D eigenvalue weighted by Crippen LogP contribution is -2.02. The van der Waals surface area contributed by atoms with Gasteiger partial charge in [-0.15, -0.1) is 11.3 Å². The Labute approximate surface area is 86.3 Å². The first-order valence-electron chi connectivity index (χ1n) is 4.29. The Hall–Kier alpha value is -1.60. The van der Waals surface area contributed by atoms with Crippen molar-refractivity contribution >= 4 is 11.3 Å². The van der Waals surface area contributed by atoms with Crippen LogP contribution < -0.4 is 0 Å². The lowest BCUT2D eigenvalue weighted by molar-refractivity contribution is 0.681. The molecule has 1 atom stereocenters. The van der Waals surface area contributed by atoms with Gasteiger partial charge in [0, 0.05) is 12.4 Å². The molecule has 0 saturated heterocycles. The summed E-state index contributed by atoms with van der Waals surface area (Å²) < 4.78 is 1.88. The quantitative estimate of drug-likeness (QED) is 0.753. The van der Waals surface area contributed by atoms with E-state index in [0.29, 0.717) is 0 Å². The van der Waals surface area contributed by atoms with Crippen molar-refractivity contribution in [3.05, 3.63) is 29.9 Å². The standard InChI is InChI=1S/C10H9N3S/c1-8(7-11)13-5-4-12-10(13)9-3-2-6-14-9/h2-6,8H,1H3. The highest BCUT2D eigenvalue weighted by atomic mass is 32.1. The van der Waals surface area contributed by atoms with Crippen LogP contribution in [0, 0.1) is 11.3 Å². The van der Waals surface area contributed by atoms with Crippen molar-refractivity contribution in [2.45, 2.75) is 13.0 Å². The van der Waals surface area contributed by atoms with Crippen LogP contribution in [0.4, 0.5) is 0 Å². The summed E-state index contributed by atoms with van der Waals surface area (Å²) in [6.07, 6.45) is 3.56. The summed E-state index contributed by atoms with van der Waals surface area (Å²) in [6.45, 7) is 1.86. The van der Waals surface area contributed by atoms with Crippen molar-refractivity contribution in [3.8, 4) is 16.8 Å². The normalized spacial score (nSPS) is 12.3. The van der Waals surface area contributed by atoms with Gasteiger partial charge in [-0.2, -0.15) is 5.26 Å². The Balaban J connectivity index is 2.46. The average molecular weight is 203 g/mol. The predicted octanol–water partition coefficient (Wildman–Crippen LogP) is 2.70. The molecule has 0 aliphatic heterocycles. The summed E-state index contributed by atoms with van der Waals surface area (Å²) >= 11 is 1.63. The molecule has 0 radical (unpaired) electrons. The minimum atomic E-state index is -0.172. The number of rotatable bonds is 2. The second kappa shape index (κ2) is 3.64. The Kier molecular flexibility index (Phi) is 2.33. The van der Waals surface area contributed by atoms with Crippen molar-refractivity contribution < 1.29 is 0 Å². The van der Waals surface area contributed by atoms with Crippen LogP contribution in [-0.4, -0.2) is 9.55 Å². The van der Waals surface area contributed by atoms with Crippen LogP contribution in [0.1, 0.15) is 13.0 Å². The van der Waals surface area contributed by atoms with E-state index in [2.05, 4.69) is 11.1 Å². The van der Waals surface area contributed by atoms with E-state index in [4.69, 9.17) is 5.26 Å². The summed E-state index contributed by atoms with van der Waals surface area (Å²) in [4.78, 5) is 5.34. The third-order valence-corrected chi connectivity index (χ3v) is 2.88. The number of aromatic nitrogens is 2. The highest BCUT2D eigenvalue weighted by Gasteiger charge is 2.10. The second-order valence-electron chi connectivity index (χ2n) is 2.94. The molecule has 14 heavy (non-hydrogen) atoms. The number of hydrogen-bond acceptors (Lipinski definition) is 3. The van der Waals surface area contributed by atoms with Gasteiger partial charge in [-0.3, -0.25) is 0 Å². The van der Waals surface area contributed by atoms with Gasteiger partial charge in [-0.1, -0.05) is 6.07 Å². The van der Waals surface area contributed by atoms with E-state index in [1.165, 1.54) is 0 Å². The molecule has 0 aromatic carbocycles. The van der Waals surface area contributed by atoms with Gasteiger partial charge in [0.25, 0.3) is 0 Å². The molecule has 0 spiro atoms. The Morgan fingerprint density at radius 3 is 3.14 bits per heavy atom. The van der Waals surface area contributed by atoms with Crippen LogP contribution in [0.15, 0.2) is 29.9 Å². The smallest absolute Gasteiger partial charge is 0.151 e. The highest BCUT2D eigenvalue weighted by molar-refractivity contribution is 7.13. The molecule has 0 fully saturated rings. The predicted molar refractivity (Wildman–Crippen MR) is 55.9 cm³/mol. The minimum absolute atomic E-state index is 0.172. The number of nitrogens with zero attached hydrogens (tertiary/aromatic N) is 3. The van der Waals surface area contributed by atoms with E-state index in [1.54, 1.807) is 17.5 Å². The number of nitriles is 1. The van der Waals surface area contributed by atoms with E-state index in [9.17, 15) is 0 Å². The highest BCUT2D eigenvalue weighted by Crippen LogP contribution is 2.24. The zero-order chi connectivity index (χ0) is 9.97. The van der Waals surface area contributed by atoms with Crippen molar-refractivity contribution in [3.63, 3.8) is 0 Å². The molecule has 2 heterocycles. The molecule has 0 saturated carbocycles. The van der Waals surface area contributed by atoms with Crippen LogP contribution >= 0.6 is 11.3 Å². The lowest BCUT2D eigenvalue weighted by atomic mass is 10.3. The molecule has 2 aromatic heterocycles. The molecule has 4 heteroatoms. The van der Waals surface area contributed by atoms with Gasteiger partial charge in [0.15, 0.2) is 5.82 Å². The molecule has 2 rings (SSSR count). The molecule has 0 aliphatic rings. The van der Waals surface area contributed by atoms with Gasteiger partial charge in [-0.05, 0) is 18.4 Å². The summed E-state index contributed by atoms with van der Waals surface area (Å²) in [7, 11) is 0. The largest absolute Gasteiger partial charge is 0.314 e. The molecule has 3 nitrogen and oxygen atoms in total. The molecular formula is C10H9N3S. The maximum atomic E-state index is 8.83. The van der Waals surface area contributed by atoms with E-state index in [1.807, 2.05) is 35.2 Å². The van der Waals surface area contributed by atoms with Crippen LogP contribution in [0.25, 0.3) is 10.7 Å². The fourth-order valence-electron chi connectivity index (χ4n) is 1.28. The van der Waals surface area contributed by atoms with Gasteiger partial charge >= 0.3 is 0 Å². The van der Waals surface area contributed by atoms with Crippen molar-refractivity contribution in [2.75, 3.05) is 0 Å². The first-order valence-corrected chi connectivity index (χ1v) is 5.17. The van der Waals surface area contributed by atoms with Gasteiger partial charge in [0.2, 0.25) is 0 Å². The first kappa shape index (κ1) is 8.97. The molecule has 70 valence electrons. The minimum Gasteiger partial charge on any atom is -0.314 e. The number of imidazole rings is 1. The Morgan fingerprint density at radius 1 is 1.64 bits per heavy atom. The summed E-state index contributed by atoms with van der Waals surface area (Å²) in [5.74, 6) is 0.869. The van der Waals surface area contributed by atoms with E-state index < -0.39 is 0 Å². The number of thiophene rings is 1. The topological polar surface area (TPSA) is 41.6 Å². The van der Waals surface area contributed by atoms with E-state index in [-0.39, 0.29) is 6.04 Å². The van der Waals surface area contributed by atoms with Crippen molar-refractivity contribution in [1.29, 1.82) is 5.26 Å². The summed E-state index contributed by atoms with van der Waals surface area (Å²) in [5, 5.41) is 10.8. The fourth-order valence-corrected chi connectivity index (χ4v) is 2.01. The van der Waals surface area contributed by atoms with E-state index >= 15 is 0 Å². The Bertz CT molecular complexity index is 450. The van der Waals surface area contributed by atoms with Crippen LogP contribution in [0.5, 0.6) is 0 Å². The molecule has 0 N–H and O–H groups in total. The van der Waals surface area contributed by atoms with Crippen molar-refractivity contribution in [1.82, 2.24) is 9.55 Å². The SMILES string of the molecule is CC(C#N)n1ccnc1-c1cccs1. The zero-order valence-electron chi connectivity index (χ0n) is 7.71. The van der Waals surface area contributed by atoms with Crippen LogP contribution in [0.3, 0.4) is 0 Å². The summed E-state index contributed by atoms with van der Waals surface area (Å²) in [6, 6.07) is 6.02. The molecule has 2 aromatic rings. The number of hydrogen-bond donors (Lipinski definition) is 0. The molecule has 1 unspecified atom stereocenters. The zero-order valence-corrected chi connectivity index (χ0v) is 8.53. The molecular weight excluding hydrogens is 194 g/mol. The maximum Gasteiger partial charge on any atom is 0.151 e. The van der Waals surface area contributed by atoms with Crippen molar-refractivity contribution in [2.24, 2.45) is 0 Å². The molecule has 0 bridgehead atoms. The maximum absolute atomic E-state index is 8.83. The fraction of sp³-hybridized carbons (Fsp3) is 0.200. The van der Waals surface area contributed by atoms with E-state index in [0.717, 1.165) is 10.7 Å². The van der Waals surface area contributed by atoms with Gasteiger partial charge in [0.05, 0.1) is 10.9 Å². The molecule has 0 aliphatic carbocycles. The monoisotopic (exact) mass is 203 g/mol. The average Bonchev–Trinajstić information content (AvgIpc) is 2.85. The summed E-state index contributed by atoms with van der Waals surface area (Å²) in [5.41, 5.74) is 0. The van der Waals surface area contributed by atoms with Gasteiger partial charge in [0.1, 0.15) is 6.04 Å². The third kappa shape index (κ3) is 1.42. The van der Waals surface area contributed by atoms with Crippen LogP contribution in [-0.2, 0) is 0 Å². The molecule has 0 amide bonds. The third-order valence-electron chi connectivity index (χ3n) is 2.01. The lowest BCUT2D eigenvalue weighted by Gasteiger charge is -2.07.